The first-order valence-electron chi connectivity index (χ1n) is 12.1. The Bertz CT molecular complexity index is 816. The van der Waals surface area contributed by atoms with Crippen LogP contribution in [0.25, 0.3) is 0 Å². The lowest BCUT2D eigenvalue weighted by Crippen LogP contribution is -2.32. The zero-order chi connectivity index (χ0) is 27.2. The number of carbonyl (C=O) groups is 2. The second kappa shape index (κ2) is 21.5. The van der Waals surface area contributed by atoms with Crippen molar-refractivity contribution in [2.45, 2.75) is 66.8 Å². The highest BCUT2D eigenvalue weighted by Crippen LogP contribution is 2.16. The SMILES string of the molecule is C=CC/C=C\C(=C/C)C(C)/C=C\C(C=O)=C/CC.CC.CON=C1CC(C(=O)N=C(C)N)N(C)C1. The van der Waals surface area contributed by atoms with Gasteiger partial charge in [-0.25, -0.2) is 0 Å². The van der Waals surface area contributed by atoms with E-state index in [2.05, 4.69) is 52.8 Å². The molecule has 1 rings (SSSR count). The maximum atomic E-state index is 11.6. The predicted octanol–water partition coefficient (Wildman–Crippen LogP) is 5.42. The van der Waals surface area contributed by atoms with Crippen molar-refractivity contribution in [1.82, 2.24) is 4.90 Å². The van der Waals surface area contributed by atoms with Gasteiger partial charge in [0.15, 0.2) is 0 Å². The number of hydrogen-bond acceptors (Lipinski definition) is 5. The first-order valence-corrected chi connectivity index (χ1v) is 12.1. The van der Waals surface area contributed by atoms with Gasteiger partial charge in [-0.2, -0.15) is 4.99 Å². The van der Waals surface area contributed by atoms with Crippen LogP contribution in [-0.2, 0) is 14.4 Å². The molecule has 7 nitrogen and oxygen atoms in total. The summed E-state index contributed by atoms with van der Waals surface area (Å²) in [6.45, 7) is 16.1. The standard InChI is InChI=1S/C17H24O.C9H16N4O2.C2H6/c1-5-8-9-11-17(7-3)15(4)12-13-16(14-18)10-6-2;1-6(10)11-9(14)8-4-7(12-15-3)5-13(8)2;1-2/h5,7,9-15H,1,6,8H2,2-4H3;8H,4-5H2,1-3H3,(H2,10,11,14);1-2H3/b11-9-,13-12-,16-10+,17-7+;;. The number of allylic oxidation sites excluding steroid dienone is 9. The van der Waals surface area contributed by atoms with E-state index in [0.717, 1.165) is 30.4 Å². The van der Waals surface area contributed by atoms with Crippen molar-refractivity contribution in [1.29, 1.82) is 0 Å². The van der Waals surface area contributed by atoms with Crippen molar-refractivity contribution in [2.75, 3.05) is 20.7 Å². The molecule has 1 aliphatic heterocycles. The van der Waals surface area contributed by atoms with Gasteiger partial charge in [0.25, 0.3) is 5.91 Å². The summed E-state index contributed by atoms with van der Waals surface area (Å²) in [5, 5.41) is 3.83. The van der Waals surface area contributed by atoms with E-state index >= 15 is 0 Å². The summed E-state index contributed by atoms with van der Waals surface area (Å²) < 4.78 is 0. The van der Waals surface area contributed by atoms with Gasteiger partial charge in [0, 0.05) is 18.5 Å². The summed E-state index contributed by atoms with van der Waals surface area (Å²) >= 11 is 0. The van der Waals surface area contributed by atoms with E-state index in [1.54, 1.807) is 6.92 Å². The van der Waals surface area contributed by atoms with E-state index in [-0.39, 0.29) is 17.8 Å². The Morgan fingerprint density at radius 1 is 1.34 bits per heavy atom. The molecule has 0 aromatic heterocycles. The molecule has 1 amide bonds. The van der Waals surface area contributed by atoms with Crippen LogP contribution in [0.5, 0.6) is 0 Å². The maximum absolute atomic E-state index is 11.6. The zero-order valence-electron chi connectivity index (χ0n) is 23.0. The third-order valence-electron chi connectivity index (χ3n) is 4.81. The van der Waals surface area contributed by atoms with Crippen molar-refractivity contribution < 1.29 is 14.4 Å². The number of likely N-dealkylation sites (N-methyl/N-ethyl adjacent to an activating group) is 1. The van der Waals surface area contributed by atoms with E-state index in [1.807, 2.05) is 57.9 Å². The minimum Gasteiger partial charge on any atom is -0.399 e. The van der Waals surface area contributed by atoms with Crippen LogP contribution in [0.2, 0.25) is 0 Å². The van der Waals surface area contributed by atoms with Crippen LogP contribution in [-0.4, -0.2) is 55.4 Å². The zero-order valence-corrected chi connectivity index (χ0v) is 23.0. The molecule has 7 heteroatoms. The Morgan fingerprint density at radius 2 is 2.00 bits per heavy atom. The monoisotopic (exact) mass is 486 g/mol. The molecule has 1 aliphatic rings. The third-order valence-corrected chi connectivity index (χ3v) is 4.81. The van der Waals surface area contributed by atoms with Crippen LogP contribution in [0.3, 0.4) is 0 Å². The Kier molecular flexibility index (Phi) is 20.9. The van der Waals surface area contributed by atoms with Crippen LogP contribution in [0.4, 0.5) is 0 Å². The third kappa shape index (κ3) is 15.5. The molecule has 0 aliphatic carbocycles. The quantitative estimate of drug-likeness (QED) is 0.0846. The topological polar surface area (TPSA) is 97.3 Å². The molecule has 0 aromatic carbocycles. The number of rotatable bonds is 10. The first-order chi connectivity index (χ1) is 16.7. The molecule has 1 saturated heterocycles. The average molecular weight is 487 g/mol. The van der Waals surface area contributed by atoms with Gasteiger partial charge in [0.05, 0.1) is 17.6 Å². The molecule has 2 atom stereocenters. The minimum atomic E-state index is -0.266. The van der Waals surface area contributed by atoms with Gasteiger partial charge >= 0.3 is 0 Å². The largest absolute Gasteiger partial charge is 0.399 e. The summed E-state index contributed by atoms with van der Waals surface area (Å²) in [5.74, 6) is 0.362. The Labute approximate surface area is 212 Å². The number of oxime groups is 1. The summed E-state index contributed by atoms with van der Waals surface area (Å²) in [5.41, 5.74) is 8.20. The van der Waals surface area contributed by atoms with Gasteiger partial charge in [-0.15, -0.1) is 6.58 Å². The van der Waals surface area contributed by atoms with E-state index < -0.39 is 0 Å². The van der Waals surface area contributed by atoms with Crippen LogP contribution in [0.1, 0.15) is 60.8 Å². The number of amidine groups is 1. The highest BCUT2D eigenvalue weighted by atomic mass is 16.6. The van der Waals surface area contributed by atoms with Crippen molar-refractivity contribution in [2.24, 2.45) is 21.8 Å². The minimum absolute atomic E-state index is 0.223. The van der Waals surface area contributed by atoms with Crippen LogP contribution >= 0.6 is 0 Å². The summed E-state index contributed by atoms with van der Waals surface area (Å²) in [7, 11) is 3.34. The smallest absolute Gasteiger partial charge is 0.265 e. The van der Waals surface area contributed by atoms with Gasteiger partial charge in [-0.1, -0.05) is 75.4 Å². The number of aliphatic imine (C=N–C) groups is 1. The second-order valence-corrected chi connectivity index (χ2v) is 7.66. The van der Waals surface area contributed by atoms with Crippen LogP contribution in [0.15, 0.2) is 70.4 Å². The number of hydrogen-bond donors (Lipinski definition) is 1. The molecule has 2 N–H and O–H groups in total. The Morgan fingerprint density at radius 3 is 2.49 bits per heavy atom. The maximum Gasteiger partial charge on any atom is 0.265 e. The summed E-state index contributed by atoms with van der Waals surface area (Å²) in [4.78, 5) is 32.7. The van der Waals surface area contributed by atoms with Gasteiger partial charge in [-0.3, -0.25) is 14.5 Å². The van der Waals surface area contributed by atoms with E-state index in [4.69, 9.17) is 5.73 Å². The molecular weight excluding hydrogens is 440 g/mol. The molecule has 196 valence electrons. The van der Waals surface area contributed by atoms with Gasteiger partial charge in [-0.05, 0) is 45.2 Å². The molecule has 0 saturated carbocycles. The number of carbonyl (C=O) groups excluding carboxylic acids is 2. The number of amides is 1. The fraction of sp³-hybridized carbons (Fsp3) is 0.500. The van der Waals surface area contributed by atoms with E-state index in [0.29, 0.717) is 18.9 Å². The van der Waals surface area contributed by atoms with Crippen molar-refractivity contribution in [3.63, 3.8) is 0 Å². The molecular formula is C28H46N4O3. The van der Waals surface area contributed by atoms with Crippen molar-refractivity contribution >= 4 is 23.7 Å². The number of likely N-dealkylation sites (tertiary alicyclic amines) is 1. The van der Waals surface area contributed by atoms with Gasteiger partial charge in [0.1, 0.15) is 13.4 Å². The van der Waals surface area contributed by atoms with Gasteiger partial charge in [0.2, 0.25) is 0 Å². The normalized spacial score (nSPS) is 19.1. The molecule has 35 heavy (non-hydrogen) atoms. The van der Waals surface area contributed by atoms with Crippen LogP contribution < -0.4 is 5.73 Å². The highest BCUT2D eigenvalue weighted by molar-refractivity contribution is 6.00. The van der Waals surface area contributed by atoms with Crippen molar-refractivity contribution in [3.05, 3.63) is 60.3 Å². The lowest BCUT2D eigenvalue weighted by Gasteiger charge is -2.14. The number of nitrogens with two attached hydrogens (primary N) is 1. The first kappa shape index (κ1) is 34.1. The molecule has 1 fully saturated rings. The lowest BCUT2D eigenvalue weighted by molar-refractivity contribution is -0.121. The molecule has 0 bridgehead atoms. The lowest BCUT2D eigenvalue weighted by atomic mass is 9.98. The Balaban J connectivity index is 0. The fourth-order valence-corrected chi connectivity index (χ4v) is 3.13. The Hall–Kier alpha value is -3.06. The second-order valence-electron chi connectivity index (χ2n) is 7.66. The highest BCUT2D eigenvalue weighted by Gasteiger charge is 2.32. The fourth-order valence-electron chi connectivity index (χ4n) is 3.13. The molecule has 2 unspecified atom stereocenters. The summed E-state index contributed by atoms with van der Waals surface area (Å²) in [6, 6.07) is -0.266. The van der Waals surface area contributed by atoms with E-state index in [1.165, 1.54) is 12.7 Å². The molecule has 0 radical (unpaired) electrons. The molecule has 1 heterocycles. The summed E-state index contributed by atoms with van der Waals surface area (Å²) in [6.07, 6.45) is 17.3. The van der Waals surface area contributed by atoms with Gasteiger partial charge < -0.3 is 10.6 Å². The number of nitrogens with zero attached hydrogens (tertiary/aromatic N) is 3. The number of aldehydes is 1. The van der Waals surface area contributed by atoms with Crippen molar-refractivity contribution in [3.8, 4) is 0 Å². The predicted molar refractivity (Wildman–Crippen MR) is 150 cm³/mol. The van der Waals surface area contributed by atoms with E-state index in [9.17, 15) is 9.59 Å². The molecule has 0 aromatic rings. The van der Waals surface area contributed by atoms with Crippen LogP contribution in [0, 0.1) is 5.92 Å². The average Bonchev–Trinajstić information content (AvgIpc) is 3.21. The molecule has 0 spiro atoms.